The maximum Gasteiger partial charge on any atom is 0.311 e. The summed E-state index contributed by atoms with van der Waals surface area (Å²) in [4.78, 5) is 13.7. The molecule has 0 aromatic carbocycles. The van der Waals surface area contributed by atoms with Crippen molar-refractivity contribution in [3.05, 3.63) is 22.4 Å². The standard InChI is InChI=1S/C13H19NO2S/c1-10(2)13(12(15)16)4-5-14(9-13)7-11-3-6-17-8-11/h3,6,8,10H,4-5,7,9H2,1-2H3,(H,15,16). The highest BCUT2D eigenvalue weighted by molar-refractivity contribution is 7.07. The topological polar surface area (TPSA) is 40.5 Å². The molecule has 1 atom stereocenters. The Hall–Kier alpha value is -0.870. The van der Waals surface area contributed by atoms with Gasteiger partial charge >= 0.3 is 5.97 Å². The highest BCUT2D eigenvalue weighted by Gasteiger charge is 2.46. The lowest BCUT2D eigenvalue weighted by Gasteiger charge is -2.28. The molecule has 0 saturated carbocycles. The van der Waals surface area contributed by atoms with E-state index in [4.69, 9.17) is 0 Å². The molecule has 0 radical (unpaired) electrons. The Balaban J connectivity index is 2.05. The van der Waals surface area contributed by atoms with Gasteiger partial charge in [-0.05, 0) is 41.3 Å². The van der Waals surface area contributed by atoms with Crippen molar-refractivity contribution in [2.24, 2.45) is 11.3 Å². The lowest BCUT2D eigenvalue weighted by molar-refractivity contribution is -0.151. The lowest BCUT2D eigenvalue weighted by Crippen LogP contribution is -2.39. The smallest absolute Gasteiger partial charge is 0.311 e. The molecule has 1 aromatic heterocycles. The van der Waals surface area contributed by atoms with Crippen molar-refractivity contribution in [2.75, 3.05) is 13.1 Å². The van der Waals surface area contributed by atoms with Gasteiger partial charge in [-0.1, -0.05) is 13.8 Å². The van der Waals surface area contributed by atoms with Gasteiger partial charge < -0.3 is 5.11 Å². The summed E-state index contributed by atoms with van der Waals surface area (Å²) in [5.41, 5.74) is 0.746. The first-order chi connectivity index (χ1) is 8.04. The van der Waals surface area contributed by atoms with E-state index < -0.39 is 11.4 Å². The van der Waals surface area contributed by atoms with Gasteiger partial charge in [0.15, 0.2) is 0 Å². The van der Waals surface area contributed by atoms with Crippen LogP contribution in [0.25, 0.3) is 0 Å². The molecule has 1 aliphatic heterocycles. The molecule has 1 aliphatic rings. The van der Waals surface area contributed by atoms with Crippen molar-refractivity contribution >= 4 is 17.3 Å². The highest BCUT2D eigenvalue weighted by atomic mass is 32.1. The third-order valence-electron chi connectivity index (χ3n) is 3.90. The quantitative estimate of drug-likeness (QED) is 0.897. The molecule has 94 valence electrons. The summed E-state index contributed by atoms with van der Waals surface area (Å²) in [6, 6.07) is 2.11. The maximum absolute atomic E-state index is 11.5. The maximum atomic E-state index is 11.5. The molecule has 0 bridgehead atoms. The van der Waals surface area contributed by atoms with Crippen LogP contribution >= 0.6 is 11.3 Å². The number of rotatable bonds is 4. The zero-order valence-corrected chi connectivity index (χ0v) is 11.2. The van der Waals surface area contributed by atoms with Gasteiger partial charge in [-0.25, -0.2) is 0 Å². The van der Waals surface area contributed by atoms with Gasteiger partial charge in [0.05, 0.1) is 5.41 Å². The number of carboxylic acid groups (broad SMARTS) is 1. The van der Waals surface area contributed by atoms with Crippen LogP contribution < -0.4 is 0 Å². The van der Waals surface area contributed by atoms with E-state index in [1.165, 1.54) is 5.56 Å². The Morgan fingerprint density at radius 2 is 2.41 bits per heavy atom. The van der Waals surface area contributed by atoms with E-state index in [0.717, 1.165) is 19.5 Å². The van der Waals surface area contributed by atoms with Crippen LogP contribution in [-0.2, 0) is 11.3 Å². The van der Waals surface area contributed by atoms with Crippen molar-refractivity contribution in [2.45, 2.75) is 26.8 Å². The van der Waals surface area contributed by atoms with E-state index in [0.29, 0.717) is 6.54 Å². The number of hydrogen-bond donors (Lipinski definition) is 1. The summed E-state index contributed by atoms with van der Waals surface area (Å²) in [7, 11) is 0. The second-order valence-corrected chi connectivity index (χ2v) is 5.99. The van der Waals surface area contributed by atoms with Crippen LogP contribution in [0.4, 0.5) is 0 Å². The van der Waals surface area contributed by atoms with E-state index in [1.54, 1.807) is 11.3 Å². The number of hydrogen-bond acceptors (Lipinski definition) is 3. The SMILES string of the molecule is CC(C)C1(C(=O)O)CCN(Cc2ccsc2)C1. The van der Waals surface area contributed by atoms with Crippen LogP contribution in [0.2, 0.25) is 0 Å². The summed E-state index contributed by atoms with van der Waals surface area (Å²) < 4.78 is 0. The lowest BCUT2D eigenvalue weighted by atomic mass is 9.76. The molecule has 1 aromatic rings. The first-order valence-corrected chi connectivity index (χ1v) is 6.96. The van der Waals surface area contributed by atoms with Gasteiger partial charge in [0.2, 0.25) is 0 Å². The number of nitrogens with zero attached hydrogens (tertiary/aromatic N) is 1. The van der Waals surface area contributed by atoms with Crippen LogP contribution in [0.1, 0.15) is 25.8 Å². The second kappa shape index (κ2) is 4.78. The zero-order valence-electron chi connectivity index (χ0n) is 10.3. The second-order valence-electron chi connectivity index (χ2n) is 5.21. The van der Waals surface area contributed by atoms with Crippen LogP contribution in [0, 0.1) is 11.3 Å². The van der Waals surface area contributed by atoms with E-state index in [9.17, 15) is 9.90 Å². The van der Waals surface area contributed by atoms with Gasteiger partial charge in [-0.3, -0.25) is 9.69 Å². The molecule has 0 aliphatic carbocycles. The minimum atomic E-state index is -0.639. The molecular formula is C13H19NO2S. The highest BCUT2D eigenvalue weighted by Crippen LogP contribution is 2.38. The number of carbonyl (C=O) groups is 1. The van der Waals surface area contributed by atoms with Gasteiger partial charge in [0.1, 0.15) is 0 Å². The van der Waals surface area contributed by atoms with Crippen molar-refractivity contribution < 1.29 is 9.90 Å². The molecule has 17 heavy (non-hydrogen) atoms. The average molecular weight is 253 g/mol. The third kappa shape index (κ3) is 2.38. The predicted octanol–water partition coefficient (Wildman–Crippen LogP) is 2.68. The Bertz CT molecular complexity index is 388. The summed E-state index contributed by atoms with van der Waals surface area (Å²) in [6.07, 6.45) is 0.768. The molecule has 2 heterocycles. The Morgan fingerprint density at radius 1 is 1.65 bits per heavy atom. The van der Waals surface area contributed by atoms with Gasteiger partial charge in [-0.15, -0.1) is 0 Å². The fraction of sp³-hybridized carbons (Fsp3) is 0.615. The summed E-state index contributed by atoms with van der Waals surface area (Å²) in [5, 5.41) is 13.7. The third-order valence-corrected chi connectivity index (χ3v) is 4.63. The summed E-state index contributed by atoms with van der Waals surface area (Å²) in [6.45, 7) is 6.48. The Morgan fingerprint density at radius 3 is 2.88 bits per heavy atom. The van der Waals surface area contributed by atoms with E-state index >= 15 is 0 Å². The fourth-order valence-corrected chi connectivity index (χ4v) is 3.24. The van der Waals surface area contributed by atoms with Gasteiger partial charge in [-0.2, -0.15) is 11.3 Å². The normalized spacial score (nSPS) is 25.6. The largest absolute Gasteiger partial charge is 0.481 e. The van der Waals surface area contributed by atoms with Crippen LogP contribution in [0.15, 0.2) is 16.8 Å². The molecule has 1 unspecified atom stereocenters. The molecule has 2 rings (SSSR count). The number of carboxylic acids is 1. The first-order valence-electron chi connectivity index (χ1n) is 6.01. The van der Waals surface area contributed by atoms with Crippen LogP contribution in [-0.4, -0.2) is 29.1 Å². The number of aliphatic carboxylic acids is 1. The van der Waals surface area contributed by atoms with Crippen molar-refractivity contribution in [3.8, 4) is 0 Å². The summed E-state index contributed by atoms with van der Waals surface area (Å²) >= 11 is 1.69. The minimum Gasteiger partial charge on any atom is -0.481 e. The minimum absolute atomic E-state index is 0.187. The zero-order chi connectivity index (χ0) is 12.5. The Kier molecular flexibility index (Phi) is 3.54. The molecular weight excluding hydrogens is 234 g/mol. The molecule has 4 heteroatoms. The van der Waals surface area contributed by atoms with E-state index in [2.05, 4.69) is 21.7 Å². The molecule has 0 amide bonds. The number of thiophene rings is 1. The molecule has 1 fully saturated rings. The van der Waals surface area contributed by atoms with Crippen LogP contribution in [0.3, 0.4) is 0 Å². The average Bonchev–Trinajstić information content (AvgIpc) is 2.87. The van der Waals surface area contributed by atoms with Crippen molar-refractivity contribution in [1.29, 1.82) is 0 Å². The van der Waals surface area contributed by atoms with E-state index in [1.807, 2.05) is 13.8 Å². The molecule has 3 nitrogen and oxygen atoms in total. The molecule has 1 N–H and O–H groups in total. The van der Waals surface area contributed by atoms with Crippen molar-refractivity contribution in [1.82, 2.24) is 4.90 Å². The van der Waals surface area contributed by atoms with Crippen LogP contribution in [0.5, 0.6) is 0 Å². The Labute approximate surface area is 106 Å². The molecule has 1 saturated heterocycles. The summed E-state index contributed by atoms with van der Waals surface area (Å²) in [5.74, 6) is -0.451. The van der Waals surface area contributed by atoms with Crippen molar-refractivity contribution in [3.63, 3.8) is 0 Å². The van der Waals surface area contributed by atoms with Gasteiger partial charge in [0, 0.05) is 13.1 Å². The number of likely N-dealkylation sites (tertiary alicyclic amines) is 1. The van der Waals surface area contributed by atoms with Gasteiger partial charge in [0.25, 0.3) is 0 Å². The molecule has 0 spiro atoms. The fourth-order valence-electron chi connectivity index (χ4n) is 2.58. The monoisotopic (exact) mass is 253 g/mol. The first kappa shape index (κ1) is 12.6. The van der Waals surface area contributed by atoms with E-state index in [-0.39, 0.29) is 5.92 Å². The predicted molar refractivity (Wildman–Crippen MR) is 69.1 cm³/mol.